The van der Waals surface area contributed by atoms with Crippen molar-refractivity contribution in [2.75, 3.05) is 43.1 Å². The summed E-state index contributed by atoms with van der Waals surface area (Å²) in [6, 6.07) is 8.64. The molecule has 1 saturated heterocycles. The molecule has 0 aromatic heterocycles. The molecule has 2 aliphatic rings. The van der Waals surface area contributed by atoms with Gasteiger partial charge >= 0.3 is 0 Å². The maximum absolute atomic E-state index is 12.2. The number of amides is 2. The van der Waals surface area contributed by atoms with Crippen LogP contribution < -0.4 is 15.8 Å². The highest BCUT2D eigenvalue weighted by molar-refractivity contribution is 7.99. The zero-order chi connectivity index (χ0) is 17.6. The lowest BCUT2D eigenvalue weighted by Gasteiger charge is -2.30. The zero-order valence-corrected chi connectivity index (χ0v) is 15.5. The highest BCUT2D eigenvalue weighted by Crippen LogP contribution is 2.26. The lowest BCUT2D eigenvalue weighted by atomic mass is 10.0. The molecule has 2 N–H and O–H groups in total. The van der Waals surface area contributed by atoms with Gasteiger partial charge in [0.2, 0.25) is 0 Å². The summed E-state index contributed by atoms with van der Waals surface area (Å²) in [4.78, 5) is 28.3. The molecular formula is C18H26N4O2S. The molecule has 0 unspecified atom stereocenters. The summed E-state index contributed by atoms with van der Waals surface area (Å²) in [6.45, 7) is 1.42. The fourth-order valence-electron chi connectivity index (χ4n) is 3.39. The van der Waals surface area contributed by atoms with E-state index in [1.54, 1.807) is 0 Å². The number of nitrogens with one attached hydrogen (secondary N) is 2. The highest BCUT2D eigenvalue weighted by atomic mass is 32.2. The second-order valence-corrected chi connectivity index (χ2v) is 7.83. The van der Waals surface area contributed by atoms with Gasteiger partial charge in [0.15, 0.2) is 0 Å². The van der Waals surface area contributed by atoms with E-state index < -0.39 is 0 Å². The number of rotatable bonds is 5. The number of carbonyl (C=O) groups excluding carboxylic acids is 2. The van der Waals surface area contributed by atoms with Crippen molar-refractivity contribution in [3.05, 3.63) is 29.8 Å². The van der Waals surface area contributed by atoms with E-state index in [2.05, 4.69) is 32.8 Å². The van der Waals surface area contributed by atoms with Crippen molar-refractivity contribution in [1.82, 2.24) is 15.8 Å². The number of nitrogens with zero attached hydrogens (tertiary/aromatic N) is 2. The summed E-state index contributed by atoms with van der Waals surface area (Å²) >= 11 is 1.92. The van der Waals surface area contributed by atoms with Crippen LogP contribution in [0.5, 0.6) is 0 Å². The van der Waals surface area contributed by atoms with Gasteiger partial charge in [-0.15, -0.1) is 0 Å². The highest BCUT2D eigenvalue weighted by Gasteiger charge is 2.22. The second kappa shape index (κ2) is 8.58. The number of fused-ring (bicyclic) bond motifs is 1. The first kappa shape index (κ1) is 18.1. The third kappa shape index (κ3) is 4.89. The maximum atomic E-state index is 12.2. The van der Waals surface area contributed by atoms with Crippen LogP contribution in [0.1, 0.15) is 18.4 Å². The van der Waals surface area contributed by atoms with Gasteiger partial charge in [-0.05, 0) is 43.7 Å². The van der Waals surface area contributed by atoms with Crippen LogP contribution in [0.2, 0.25) is 0 Å². The fourth-order valence-corrected chi connectivity index (χ4v) is 4.69. The summed E-state index contributed by atoms with van der Waals surface area (Å²) in [5, 5.41) is 0. The SMILES string of the molecule is CN(CC(=O)NNC(=O)CN1CCCc2ccccc21)[C@@H]1CCSC1. The predicted molar refractivity (Wildman–Crippen MR) is 102 cm³/mol. The molecule has 6 nitrogen and oxygen atoms in total. The Morgan fingerprint density at radius 1 is 1.28 bits per heavy atom. The number of thioether (sulfide) groups is 1. The van der Waals surface area contributed by atoms with E-state index in [9.17, 15) is 9.59 Å². The largest absolute Gasteiger partial charge is 0.362 e. The average Bonchev–Trinajstić information content (AvgIpc) is 3.15. The van der Waals surface area contributed by atoms with Crippen LogP contribution in [0.25, 0.3) is 0 Å². The van der Waals surface area contributed by atoms with Crippen LogP contribution in [0.4, 0.5) is 5.69 Å². The van der Waals surface area contributed by atoms with Gasteiger partial charge in [-0.1, -0.05) is 18.2 Å². The van der Waals surface area contributed by atoms with Gasteiger partial charge in [0, 0.05) is 24.0 Å². The molecule has 7 heteroatoms. The van der Waals surface area contributed by atoms with E-state index in [4.69, 9.17) is 0 Å². The van der Waals surface area contributed by atoms with Crippen LogP contribution in [-0.4, -0.2) is 60.9 Å². The third-order valence-corrected chi connectivity index (χ3v) is 5.95. The minimum absolute atomic E-state index is 0.174. The Morgan fingerprint density at radius 2 is 2.08 bits per heavy atom. The van der Waals surface area contributed by atoms with Gasteiger partial charge in [-0.3, -0.25) is 25.3 Å². The number of para-hydroxylation sites is 1. The number of benzene rings is 1. The van der Waals surface area contributed by atoms with E-state index in [1.165, 1.54) is 5.56 Å². The fraction of sp³-hybridized carbons (Fsp3) is 0.556. The quantitative estimate of drug-likeness (QED) is 0.766. The van der Waals surface area contributed by atoms with Crippen molar-refractivity contribution < 1.29 is 9.59 Å². The van der Waals surface area contributed by atoms with Crippen molar-refractivity contribution in [1.29, 1.82) is 0 Å². The van der Waals surface area contributed by atoms with Crippen LogP contribution in [-0.2, 0) is 16.0 Å². The lowest BCUT2D eigenvalue weighted by Crippen LogP contribution is -2.50. The number of hydrogen-bond acceptors (Lipinski definition) is 5. The smallest absolute Gasteiger partial charge is 0.257 e. The molecule has 0 aliphatic carbocycles. The minimum atomic E-state index is -0.191. The molecule has 0 spiro atoms. The Labute approximate surface area is 153 Å². The Bertz CT molecular complexity index is 619. The number of hydrogen-bond donors (Lipinski definition) is 2. The van der Waals surface area contributed by atoms with E-state index >= 15 is 0 Å². The Morgan fingerprint density at radius 3 is 2.88 bits per heavy atom. The molecule has 1 aromatic rings. The van der Waals surface area contributed by atoms with E-state index in [1.807, 2.05) is 30.9 Å². The van der Waals surface area contributed by atoms with Crippen molar-refractivity contribution >= 4 is 29.3 Å². The normalized spacial score (nSPS) is 19.6. The molecule has 2 amide bonds. The molecule has 1 aromatic carbocycles. The molecule has 2 heterocycles. The molecule has 0 saturated carbocycles. The molecular weight excluding hydrogens is 336 g/mol. The summed E-state index contributed by atoms with van der Waals surface area (Å²) in [6.07, 6.45) is 3.22. The van der Waals surface area contributed by atoms with E-state index in [0.29, 0.717) is 12.6 Å². The van der Waals surface area contributed by atoms with Crippen LogP contribution in [0.15, 0.2) is 24.3 Å². The van der Waals surface area contributed by atoms with Crippen molar-refractivity contribution in [2.24, 2.45) is 0 Å². The Balaban J connectivity index is 1.43. The predicted octanol–water partition coefficient (Wildman–Crippen LogP) is 1.02. The van der Waals surface area contributed by atoms with E-state index in [-0.39, 0.29) is 18.4 Å². The molecule has 25 heavy (non-hydrogen) atoms. The first-order valence-corrected chi connectivity index (χ1v) is 9.97. The third-order valence-electron chi connectivity index (χ3n) is 4.80. The van der Waals surface area contributed by atoms with E-state index in [0.717, 1.165) is 43.0 Å². The lowest BCUT2D eigenvalue weighted by molar-refractivity contribution is -0.129. The maximum Gasteiger partial charge on any atom is 0.257 e. The van der Waals surface area contributed by atoms with Gasteiger partial charge < -0.3 is 4.90 Å². The topological polar surface area (TPSA) is 64.7 Å². The van der Waals surface area contributed by atoms with Crippen molar-refractivity contribution in [3.8, 4) is 0 Å². The Kier molecular flexibility index (Phi) is 6.20. The van der Waals surface area contributed by atoms with Gasteiger partial charge in [0.05, 0.1) is 13.1 Å². The summed E-state index contributed by atoms with van der Waals surface area (Å²) in [7, 11) is 1.96. The number of anilines is 1. The molecule has 0 bridgehead atoms. The molecule has 136 valence electrons. The Hall–Kier alpha value is -1.73. The standard InChI is InChI=1S/C18H26N4O2S/c1-21(15-8-10-25-13-15)11-17(23)19-20-18(24)12-22-9-4-6-14-5-2-3-7-16(14)22/h2-3,5,7,15H,4,6,8-13H2,1H3,(H,19,23)(H,20,24)/t15-/m1/s1. The van der Waals surface area contributed by atoms with Crippen LogP contribution in [0.3, 0.4) is 0 Å². The summed E-state index contributed by atoms with van der Waals surface area (Å²) in [5.41, 5.74) is 7.48. The summed E-state index contributed by atoms with van der Waals surface area (Å²) < 4.78 is 0. The number of hydrazine groups is 1. The zero-order valence-electron chi connectivity index (χ0n) is 14.7. The molecule has 1 atom stereocenters. The van der Waals surface area contributed by atoms with Crippen molar-refractivity contribution in [3.63, 3.8) is 0 Å². The number of carbonyl (C=O) groups is 2. The number of aryl methyl sites for hydroxylation is 1. The van der Waals surface area contributed by atoms with Crippen LogP contribution >= 0.6 is 11.8 Å². The first-order chi connectivity index (χ1) is 12.1. The van der Waals surface area contributed by atoms with Crippen molar-refractivity contribution in [2.45, 2.75) is 25.3 Å². The monoisotopic (exact) mass is 362 g/mol. The van der Waals surface area contributed by atoms with Gasteiger partial charge in [0.1, 0.15) is 0 Å². The average molecular weight is 362 g/mol. The van der Waals surface area contributed by atoms with Gasteiger partial charge in [-0.25, -0.2) is 0 Å². The van der Waals surface area contributed by atoms with Crippen LogP contribution in [0, 0.1) is 0 Å². The second-order valence-electron chi connectivity index (χ2n) is 6.68. The molecule has 2 aliphatic heterocycles. The molecule has 3 rings (SSSR count). The van der Waals surface area contributed by atoms with Gasteiger partial charge in [-0.2, -0.15) is 11.8 Å². The number of likely N-dealkylation sites (N-methyl/N-ethyl adjacent to an activating group) is 1. The summed E-state index contributed by atoms with van der Waals surface area (Å²) in [5.74, 6) is 1.87. The van der Waals surface area contributed by atoms with Gasteiger partial charge in [0.25, 0.3) is 11.8 Å². The first-order valence-electron chi connectivity index (χ1n) is 8.82. The minimum Gasteiger partial charge on any atom is -0.362 e. The molecule has 1 fully saturated rings. The molecule has 0 radical (unpaired) electrons.